The molecule has 0 radical (unpaired) electrons. The van der Waals surface area contributed by atoms with Crippen LogP contribution in [0.3, 0.4) is 0 Å². The zero-order chi connectivity index (χ0) is 5.86. The normalized spacial score (nSPS) is 9.71. The highest BCUT2D eigenvalue weighted by atomic mass is 79.9. The summed E-state index contributed by atoms with van der Waals surface area (Å²) in [6.45, 7) is 0. The number of Topliss-reactive ketones (excluding diaryl/α,β-unsaturated/α-hetero) is 1. The SMILES string of the molecule is O=C(CBr)C(Cl)Cl. The van der Waals surface area contributed by atoms with E-state index in [1.165, 1.54) is 0 Å². The fourth-order valence-electron chi connectivity index (χ4n) is 0.0583. The average Bonchev–Trinajstić information content (AvgIpc) is 1.65. The summed E-state index contributed by atoms with van der Waals surface area (Å²) in [5.41, 5.74) is 0. The fraction of sp³-hybridized carbons (Fsp3) is 0.667. The second-order valence-electron chi connectivity index (χ2n) is 0.901. The van der Waals surface area contributed by atoms with E-state index in [4.69, 9.17) is 23.2 Å². The van der Waals surface area contributed by atoms with E-state index in [0.29, 0.717) is 0 Å². The first-order valence-electron chi connectivity index (χ1n) is 1.55. The van der Waals surface area contributed by atoms with Crippen molar-refractivity contribution in [2.75, 3.05) is 5.33 Å². The van der Waals surface area contributed by atoms with E-state index in [0.717, 1.165) is 0 Å². The van der Waals surface area contributed by atoms with Gasteiger partial charge in [0.05, 0.1) is 5.33 Å². The van der Waals surface area contributed by atoms with E-state index in [-0.39, 0.29) is 11.1 Å². The third-order valence-corrected chi connectivity index (χ3v) is 1.41. The van der Waals surface area contributed by atoms with Crippen molar-refractivity contribution < 1.29 is 4.79 Å². The number of ketones is 1. The number of halogens is 3. The van der Waals surface area contributed by atoms with Crippen LogP contribution in [0.2, 0.25) is 0 Å². The highest BCUT2D eigenvalue weighted by Gasteiger charge is 2.07. The molecule has 0 aromatic rings. The Hall–Kier alpha value is 0.730. The van der Waals surface area contributed by atoms with Crippen LogP contribution < -0.4 is 0 Å². The van der Waals surface area contributed by atoms with Crippen LogP contribution in [0.5, 0.6) is 0 Å². The van der Waals surface area contributed by atoms with Gasteiger partial charge in [-0.05, 0) is 0 Å². The number of carbonyl (C=O) groups is 1. The summed E-state index contributed by atoms with van der Waals surface area (Å²) in [4.78, 5) is 9.33. The summed E-state index contributed by atoms with van der Waals surface area (Å²) in [6, 6.07) is 0. The van der Waals surface area contributed by atoms with Crippen molar-refractivity contribution in [2.45, 2.75) is 4.84 Å². The predicted octanol–water partition coefficient (Wildman–Crippen LogP) is 1.75. The van der Waals surface area contributed by atoms with Crippen LogP contribution in [-0.4, -0.2) is 15.9 Å². The molecule has 0 saturated heterocycles. The van der Waals surface area contributed by atoms with Crippen molar-refractivity contribution in [3.63, 3.8) is 0 Å². The third-order valence-electron chi connectivity index (χ3n) is 0.375. The smallest absolute Gasteiger partial charge is 0.176 e. The molecule has 0 rings (SSSR count). The molecular formula is C3H3BrCl2O. The topological polar surface area (TPSA) is 17.1 Å². The van der Waals surface area contributed by atoms with E-state index in [9.17, 15) is 4.79 Å². The Morgan fingerprint density at radius 3 is 2.14 bits per heavy atom. The highest BCUT2D eigenvalue weighted by molar-refractivity contribution is 9.09. The largest absolute Gasteiger partial charge is 0.296 e. The van der Waals surface area contributed by atoms with Gasteiger partial charge in [0.25, 0.3) is 0 Å². The molecule has 0 aromatic carbocycles. The van der Waals surface area contributed by atoms with Crippen molar-refractivity contribution in [1.82, 2.24) is 0 Å². The van der Waals surface area contributed by atoms with Gasteiger partial charge in [-0.3, -0.25) is 4.79 Å². The molecule has 0 aromatic heterocycles. The molecule has 0 unspecified atom stereocenters. The van der Waals surface area contributed by atoms with Gasteiger partial charge in [0.15, 0.2) is 10.6 Å². The van der Waals surface area contributed by atoms with Gasteiger partial charge in [-0.15, -0.1) is 0 Å². The third kappa shape index (κ3) is 3.32. The van der Waals surface area contributed by atoms with Crippen LogP contribution in [0.25, 0.3) is 0 Å². The zero-order valence-electron chi connectivity index (χ0n) is 3.33. The van der Waals surface area contributed by atoms with Crippen LogP contribution in [0.1, 0.15) is 0 Å². The molecule has 0 N–H and O–H groups in total. The van der Waals surface area contributed by atoms with E-state index in [1.54, 1.807) is 0 Å². The van der Waals surface area contributed by atoms with Gasteiger partial charge in [0.2, 0.25) is 0 Å². The maximum Gasteiger partial charge on any atom is 0.176 e. The number of hydrogen-bond donors (Lipinski definition) is 0. The van der Waals surface area contributed by atoms with Crippen molar-refractivity contribution in [1.29, 1.82) is 0 Å². The molecule has 0 saturated carbocycles. The molecule has 0 aliphatic carbocycles. The Labute approximate surface area is 60.1 Å². The van der Waals surface area contributed by atoms with Crippen LogP contribution in [0.4, 0.5) is 0 Å². The lowest BCUT2D eigenvalue weighted by molar-refractivity contribution is -0.114. The first kappa shape index (κ1) is 7.73. The molecule has 42 valence electrons. The van der Waals surface area contributed by atoms with Crippen molar-refractivity contribution in [3.05, 3.63) is 0 Å². The number of carbonyl (C=O) groups excluding carboxylic acids is 1. The summed E-state index contributed by atoms with van der Waals surface area (Å²) in [5, 5.41) is 0.227. The fourth-order valence-corrected chi connectivity index (χ4v) is 0.909. The second-order valence-corrected chi connectivity index (χ2v) is 2.56. The minimum absolute atomic E-state index is 0.205. The molecule has 0 bridgehead atoms. The lowest BCUT2D eigenvalue weighted by Gasteiger charge is -1.90. The van der Waals surface area contributed by atoms with Gasteiger partial charge in [-0.1, -0.05) is 39.1 Å². The number of rotatable bonds is 2. The van der Waals surface area contributed by atoms with Crippen molar-refractivity contribution in [3.8, 4) is 0 Å². The van der Waals surface area contributed by atoms with Gasteiger partial charge in [0, 0.05) is 0 Å². The molecule has 7 heavy (non-hydrogen) atoms. The first-order chi connectivity index (χ1) is 3.18. The molecule has 0 aliphatic heterocycles. The molecule has 0 amide bonds. The van der Waals surface area contributed by atoms with E-state index in [2.05, 4.69) is 15.9 Å². The number of alkyl halides is 3. The lowest BCUT2D eigenvalue weighted by Crippen LogP contribution is -2.07. The Bertz CT molecular complexity index is 73.3. The standard InChI is InChI=1S/C3H3BrCl2O/c4-1-2(7)3(5)6/h3H,1H2. The van der Waals surface area contributed by atoms with Crippen LogP contribution in [0.15, 0.2) is 0 Å². The van der Waals surface area contributed by atoms with Crippen LogP contribution in [-0.2, 0) is 4.79 Å². The van der Waals surface area contributed by atoms with Crippen LogP contribution in [0, 0.1) is 0 Å². The Morgan fingerprint density at radius 1 is 1.71 bits per heavy atom. The summed E-state index contributed by atoms with van der Waals surface area (Å²) >= 11 is 13.1. The summed E-state index contributed by atoms with van der Waals surface area (Å²) in [7, 11) is 0. The summed E-state index contributed by atoms with van der Waals surface area (Å²) in [6.07, 6.45) is 0. The number of hydrogen-bond acceptors (Lipinski definition) is 1. The maximum atomic E-state index is 10.2. The van der Waals surface area contributed by atoms with Gasteiger partial charge in [-0.2, -0.15) is 0 Å². The molecule has 0 aliphatic rings. The quantitative estimate of drug-likeness (QED) is 0.629. The minimum atomic E-state index is -0.876. The minimum Gasteiger partial charge on any atom is -0.296 e. The second kappa shape index (κ2) is 3.70. The van der Waals surface area contributed by atoms with Crippen molar-refractivity contribution in [2.24, 2.45) is 0 Å². The highest BCUT2D eigenvalue weighted by Crippen LogP contribution is 2.03. The van der Waals surface area contributed by atoms with E-state index >= 15 is 0 Å². The predicted molar refractivity (Wildman–Crippen MR) is 34.3 cm³/mol. The molecule has 0 spiro atoms. The maximum absolute atomic E-state index is 10.2. The molecule has 0 heterocycles. The molecular weight excluding hydrogens is 203 g/mol. The van der Waals surface area contributed by atoms with E-state index < -0.39 is 4.84 Å². The molecule has 4 heteroatoms. The molecule has 1 nitrogen and oxygen atoms in total. The van der Waals surface area contributed by atoms with E-state index in [1.807, 2.05) is 0 Å². The lowest BCUT2D eigenvalue weighted by atomic mass is 10.5. The van der Waals surface area contributed by atoms with Gasteiger partial charge in [-0.25, -0.2) is 0 Å². The summed E-state index contributed by atoms with van der Waals surface area (Å²) < 4.78 is 0. The van der Waals surface area contributed by atoms with Crippen LogP contribution >= 0.6 is 39.1 Å². The average molecular weight is 206 g/mol. The molecule has 0 atom stereocenters. The Balaban J connectivity index is 3.35. The summed E-state index contributed by atoms with van der Waals surface area (Å²) in [5.74, 6) is -0.205. The van der Waals surface area contributed by atoms with Gasteiger partial charge >= 0.3 is 0 Å². The monoisotopic (exact) mass is 204 g/mol. The zero-order valence-corrected chi connectivity index (χ0v) is 6.42. The van der Waals surface area contributed by atoms with Gasteiger partial charge in [0.1, 0.15) is 0 Å². The Kier molecular flexibility index (Phi) is 4.08. The van der Waals surface area contributed by atoms with Crippen molar-refractivity contribution >= 4 is 44.9 Å². The first-order valence-corrected chi connectivity index (χ1v) is 3.54. The van der Waals surface area contributed by atoms with Gasteiger partial charge < -0.3 is 0 Å². The molecule has 0 fully saturated rings. The Morgan fingerprint density at radius 2 is 2.14 bits per heavy atom.